The third-order valence-corrected chi connectivity index (χ3v) is 4.47. The van der Waals surface area contributed by atoms with Crippen LogP contribution >= 0.6 is 0 Å². The normalized spacial score (nSPS) is 22.5. The minimum Gasteiger partial charge on any atom is -0.368 e. The molecule has 1 atom stereocenters. The van der Waals surface area contributed by atoms with Gasteiger partial charge in [-0.2, -0.15) is 0 Å². The summed E-state index contributed by atoms with van der Waals surface area (Å²) in [4.78, 5) is 25.6. The van der Waals surface area contributed by atoms with Crippen LogP contribution in [-0.2, 0) is 9.59 Å². The summed E-state index contributed by atoms with van der Waals surface area (Å²) in [6.07, 6.45) is 9.46. The van der Waals surface area contributed by atoms with Gasteiger partial charge in [0.1, 0.15) is 0 Å². The highest BCUT2D eigenvalue weighted by molar-refractivity contribution is 5.87. The second-order valence-electron chi connectivity index (χ2n) is 6.10. The van der Waals surface area contributed by atoms with Crippen molar-refractivity contribution in [3.8, 4) is 0 Å². The van der Waals surface area contributed by atoms with E-state index in [9.17, 15) is 9.59 Å². The topological polar surface area (TPSA) is 75.4 Å². The van der Waals surface area contributed by atoms with Crippen LogP contribution in [0, 0.1) is 0 Å². The van der Waals surface area contributed by atoms with E-state index in [0.717, 1.165) is 38.8 Å². The Balaban J connectivity index is 1.85. The molecule has 0 radical (unpaired) electrons. The number of hydrogen-bond donors (Lipinski definition) is 2. The van der Waals surface area contributed by atoms with E-state index in [1.54, 1.807) is 0 Å². The van der Waals surface area contributed by atoms with E-state index in [4.69, 9.17) is 5.73 Å². The van der Waals surface area contributed by atoms with Crippen LogP contribution in [0.5, 0.6) is 0 Å². The van der Waals surface area contributed by atoms with Gasteiger partial charge in [0.05, 0.1) is 12.5 Å². The van der Waals surface area contributed by atoms with E-state index in [2.05, 4.69) is 5.32 Å². The summed E-state index contributed by atoms with van der Waals surface area (Å²) in [6, 6.07) is -0.174. The molecule has 0 aromatic carbocycles. The first-order chi connectivity index (χ1) is 9.66. The van der Waals surface area contributed by atoms with Crippen LogP contribution in [0.3, 0.4) is 0 Å². The minimum atomic E-state index is -0.508. The SMILES string of the molecule is NC(=O)C(CC(=O)N1CCCC1)NC1CCCCCC1. The molecule has 1 heterocycles. The van der Waals surface area contributed by atoms with Crippen LogP contribution < -0.4 is 11.1 Å². The van der Waals surface area contributed by atoms with Crippen molar-refractivity contribution in [2.75, 3.05) is 13.1 Å². The smallest absolute Gasteiger partial charge is 0.235 e. The molecule has 0 aromatic heterocycles. The van der Waals surface area contributed by atoms with Gasteiger partial charge in [0.2, 0.25) is 11.8 Å². The molecular weight excluding hydrogens is 254 g/mol. The van der Waals surface area contributed by atoms with E-state index >= 15 is 0 Å². The largest absolute Gasteiger partial charge is 0.368 e. The number of nitrogens with two attached hydrogens (primary N) is 1. The zero-order valence-corrected chi connectivity index (χ0v) is 12.3. The molecule has 0 aromatic rings. The van der Waals surface area contributed by atoms with Crippen LogP contribution in [-0.4, -0.2) is 41.9 Å². The molecule has 5 nitrogen and oxygen atoms in total. The van der Waals surface area contributed by atoms with Crippen molar-refractivity contribution in [2.24, 2.45) is 5.73 Å². The number of carbonyl (C=O) groups excluding carboxylic acids is 2. The Morgan fingerprint density at radius 2 is 1.65 bits per heavy atom. The van der Waals surface area contributed by atoms with Crippen molar-refractivity contribution in [1.82, 2.24) is 10.2 Å². The zero-order valence-electron chi connectivity index (χ0n) is 12.3. The predicted molar refractivity (Wildman–Crippen MR) is 78.0 cm³/mol. The van der Waals surface area contributed by atoms with Gasteiger partial charge in [-0.05, 0) is 25.7 Å². The fourth-order valence-corrected chi connectivity index (χ4v) is 3.24. The van der Waals surface area contributed by atoms with Crippen molar-refractivity contribution >= 4 is 11.8 Å². The first-order valence-electron chi connectivity index (χ1n) is 8.00. The maximum Gasteiger partial charge on any atom is 0.235 e. The Bertz CT molecular complexity index is 332. The fraction of sp³-hybridized carbons (Fsp3) is 0.867. The van der Waals surface area contributed by atoms with Crippen LogP contribution in [0.25, 0.3) is 0 Å². The van der Waals surface area contributed by atoms with Gasteiger partial charge in [0.25, 0.3) is 0 Å². The van der Waals surface area contributed by atoms with Crippen LogP contribution in [0.1, 0.15) is 57.8 Å². The van der Waals surface area contributed by atoms with Gasteiger partial charge in [-0.3, -0.25) is 9.59 Å². The third kappa shape index (κ3) is 4.47. The number of nitrogens with one attached hydrogen (secondary N) is 1. The second-order valence-corrected chi connectivity index (χ2v) is 6.10. The van der Waals surface area contributed by atoms with Crippen molar-refractivity contribution in [3.05, 3.63) is 0 Å². The summed E-state index contributed by atoms with van der Waals surface area (Å²) in [6.45, 7) is 1.65. The Labute approximate surface area is 121 Å². The highest BCUT2D eigenvalue weighted by Gasteiger charge is 2.26. The molecule has 5 heteroatoms. The standard InChI is InChI=1S/C15H27N3O2/c16-15(20)13(11-14(19)18-9-5-6-10-18)17-12-7-3-1-2-4-8-12/h12-13,17H,1-11H2,(H2,16,20). The maximum absolute atomic E-state index is 12.1. The second kappa shape index (κ2) is 7.62. The van der Waals surface area contributed by atoms with Crippen LogP contribution in [0.2, 0.25) is 0 Å². The fourth-order valence-electron chi connectivity index (χ4n) is 3.24. The lowest BCUT2D eigenvalue weighted by Gasteiger charge is -2.24. The number of amides is 2. The summed E-state index contributed by atoms with van der Waals surface area (Å²) in [5.74, 6) is -0.339. The lowest BCUT2D eigenvalue weighted by Crippen LogP contribution is -2.49. The van der Waals surface area contributed by atoms with Gasteiger partial charge in [-0.25, -0.2) is 0 Å². The molecule has 2 rings (SSSR count). The quantitative estimate of drug-likeness (QED) is 0.743. The summed E-state index contributed by atoms with van der Waals surface area (Å²) in [5, 5.41) is 3.33. The Hall–Kier alpha value is -1.10. The van der Waals surface area contributed by atoms with E-state index in [1.807, 2.05) is 4.90 Å². The van der Waals surface area contributed by atoms with Crippen molar-refractivity contribution in [3.63, 3.8) is 0 Å². The molecule has 1 aliphatic heterocycles. The van der Waals surface area contributed by atoms with Crippen LogP contribution in [0.15, 0.2) is 0 Å². The molecule has 1 aliphatic carbocycles. The molecule has 2 fully saturated rings. The first-order valence-corrected chi connectivity index (χ1v) is 8.00. The predicted octanol–water partition coefficient (Wildman–Crippen LogP) is 1.17. The number of primary amides is 1. The molecule has 3 N–H and O–H groups in total. The molecule has 1 saturated heterocycles. The Morgan fingerprint density at radius 3 is 2.20 bits per heavy atom. The summed E-state index contributed by atoms with van der Waals surface area (Å²) in [7, 11) is 0. The number of likely N-dealkylation sites (tertiary alicyclic amines) is 1. The van der Waals surface area contributed by atoms with Crippen LogP contribution in [0.4, 0.5) is 0 Å². The molecule has 1 unspecified atom stereocenters. The average Bonchev–Trinajstić information content (AvgIpc) is 2.84. The zero-order chi connectivity index (χ0) is 14.4. The van der Waals surface area contributed by atoms with Gasteiger partial charge < -0.3 is 16.0 Å². The number of rotatable bonds is 5. The third-order valence-electron chi connectivity index (χ3n) is 4.47. The highest BCUT2D eigenvalue weighted by atomic mass is 16.2. The monoisotopic (exact) mass is 281 g/mol. The summed E-state index contributed by atoms with van der Waals surface area (Å²) >= 11 is 0. The van der Waals surface area contributed by atoms with Gasteiger partial charge in [-0.15, -0.1) is 0 Å². The lowest BCUT2D eigenvalue weighted by atomic mass is 10.1. The number of hydrogen-bond acceptors (Lipinski definition) is 3. The van der Waals surface area contributed by atoms with Crippen molar-refractivity contribution in [2.45, 2.75) is 69.9 Å². The van der Waals surface area contributed by atoms with Crippen molar-refractivity contribution < 1.29 is 9.59 Å². The molecule has 1 saturated carbocycles. The van der Waals surface area contributed by atoms with Gasteiger partial charge >= 0.3 is 0 Å². The first kappa shape index (κ1) is 15.3. The molecule has 0 bridgehead atoms. The lowest BCUT2D eigenvalue weighted by molar-refractivity contribution is -0.133. The van der Waals surface area contributed by atoms with Crippen molar-refractivity contribution in [1.29, 1.82) is 0 Å². The molecular formula is C15H27N3O2. The highest BCUT2D eigenvalue weighted by Crippen LogP contribution is 2.18. The average molecular weight is 281 g/mol. The number of carbonyl (C=O) groups is 2. The summed E-state index contributed by atoms with van der Waals surface area (Å²) < 4.78 is 0. The molecule has 2 aliphatic rings. The molecule has 20 heavy (non-hydrogen) atoms. The number of nitrogens with zero attached hydrogens (tertiary/aromatic N) is 1. The van der Waals surface area contributed by atoms with E-state index in [1.165, 1.54) is 25.7 Å². The Morgan fingerprint density at radius 1 is 1.05 bits per heavy atom. The van der Waals surface area contributed by atoms with Gasteiger partial charge in [0, 0.05) is 19.1 Å². The van der Waals surface area contributed by atoms with E-state index in [0.29, 0.717) is 6.04 Å². The Kier molecular flexibility index (Phi) is 5.83. The van der Waals surface area contributed by atoms with Gasteiger partial charge in [0.15, 0.2) is 0 Å². The molecule has 0 spiro atoms. The summed E-state index contributed by atoms with van der Waals surface area (Å²) in [5.41, 5.74) is 5.47. The van der Waals surface area contributed by atoms with E-state index in [-0.39, 0.29) is 12.3 Å². The maximum atomic E-state index is 12.1. The molecule has 2 amide bonds. The van der Waals surface area contributed by atoms with Gasteiger partial charge in [-0.1, -0.05) is 25.7 Å². The minimum absolute atomic E-state index is 0.0624. The molecule has 114 valence electrons. The van der Waals surface area contributed by atoms with E-state index < -0.39 is 11.9 Å².